The fourth-order valence-electron chi connectivity index (χ4n) is 2.21. The van der Waals surface area contributed by atoms with Crippen LogP contribution in [-0.4, -0.2) is 41.0 Å². The first kappa shape index (κ1) is 16.3. The van der Waals surface area contributed by atoms with Gasteiger partial charge in [0.1, 0.15) is 0 Å². The molecular formula is C13H24O5Si. The molecule has 0 aromatic heterocycles. The predicted octanol–water partition coefficient (Wildman–Crippen LogP) is 1.26. The zero-order valence-corrected chi connectivity index (χ0v) is 13.3. The topological polar surface area (TPSA) is 61.8 Å². The summed E-state index contributed by atoms with van der Waals surface area (Å²) in [5, 5.41) is 0. The van der Waals surface area contributed by atoms with Gasteiger partial charge in [-0.1, -0.05) is 12.5 Å². The summed E-state index contributed by atoms with van der Waals surface area (Å²) in [6.07, 6.45) is 1.97. The molecule has 0 aromatic carbocycles. The van der Waals surface area contributed by atoms with Gasteiger partial charge in [-0.05, 0) is 26.3 Å². The molecule has 0 aliphatic carbocycles. The van der Waals surface area contributed by atoms with Crippen LogP contribution in [0.15, 0.2) is 0 Å². The van der Waals surface area contributed by atoms with Crippen LogP contribution >= 0.6 is 0 Å². The second-order valence-electron chi connectivity index (χ2n) is 4.67. The number of carbonyl (C=O) groups excluding carboxylic acids is 2. The van der Waals surface area contributed by atoms with Crippen molar-refractivity contribution in [1.82, 2.24) is 0 Å². The maximum atomic E-state index is 11.3. The molecule has 0 N–H and O–H groups in total. The molecule has 1 rings (SSSR count). The molecule has 110 valence electrons. The van der Waals surface area contributed by atoms with Crippen molar-refractivity contribution >= 4 is 21.5 Å². The Morgan fingerprint density at radius 1 is 1.32 bits per heavy atom. The highest BCUT2D eigenvalue weighted by molar-refractivity contribution is 6.35. The van der Waals surface area contributed by atoms with E-state index in [1.165, 1.54) is 0 Å². The molecule has 0 aromatic rings. The number of carbonyl (C=O) groups is 2. The third kappa shape index (κ3) is 6.31. The van der Waals surface area contributed by atoms with Crippen molar-refractivity contribution in [2.24, 2.45) is 5.92 Å². The fourth-order valence-corrected chi connectivity index (χ4v) is 3.80. The van der Waals surface area contributed by atoms with Crippen LogP contribution < -0.4 is 0 Å². The molecule has 0 spiro atoms. The Labute approximate surface area is 116 Å². The lowest BCUT2D eigenvalue weighted by atomic mass is 10.0. The number of rotatable bonds is 10. The predicted molar refractivity (Wildman–Crippen MR) is 73.6 cm³/mol. The maximum Gasteiger partial charge on any atom is 0.317 e. The summed E-state index contributed by atoms with van der Waals surface area (Å²) in [5.74, 6) is -0.913. The van der Waals surface area contributed by atoms with Crippen LogP contribution in [0.3, 0.4) is 0 Å². The first-order chi connectivity index (χ1) is 9.17. The van der Waals surface area contributed by atoms with E-state index in [4.69, 9.17) is 9.47 Å². The summed E-state index contributed by atoms with van der Waals surface area (Å²) in [6.45, 7) is 5.29. The van der Waals surface area contributed by atoms with Gasteiger partial charge in [0.05, 0.1) is 12.3 Å². The Kier molecular flexibility index (Phi) is 7.93. The van der Waals surface area contributed by atoms with Crippen LogP contribution in [0, 0.1) is 5.92 Å². The van der Waals surface area contributed by atoms with Gasteiger partial charge in [-0.25, -0.2) is 0 Å². The molecule has 0 amide bonds. The lowest BCUT2D eigenvalue weighted by Gasteiger charge is -2.16. The monoisotopic (exact) mass is 288 g/mol. The highest BCUT2D eigenvalue weighted by atomic mass is 28.2. The minimum atomic E-state index is -0.375. The van der Waals surface area contributed by atoms with Crippen LogP contribution in [-0.2, 0) is 23.8 Å². The minimum Gasteiger partial charge on any atom is -0.393 e. The van der Waals surface area contributed by atoms with Gasteiger partial charge in [0, 0.05) is 22.7 Å². The van der Waals surface area contributed by atoms with Gasteiger partial charge in [0.15, 0.2) is 6.29 Å². The summed E-state index contributed by atoms with van der Waals surface area (Å²) in [7, 11) is -0.232. The molecule has 1 fully saturated rings. The van der Waals surface area contributed by atoms with Crippen molar-refractivity contribution in [3.8, 4) is 0 Å². The molecule has 1 aliphatic rings. The molecule has 1 unspecified atom stereocenters. The molecule has 0 bridgehead atoms. The van der Waals surface area contributed by atoms with Crippen molar-refractivity contribution < 1.29 is 23.8 Å². The average molecular weight is 288 g/mol. The lowest BCUT2D eigenvalue weighted by molar-refractivity contribution is -0.153. The van der Waals surface area contributed by atoms with E-state index in [0.29, 0.717) is 13.2 Å². The number of cyclic esters (lactones) is 2. The third-order valence-electron chi connectivity index (χ3n) is 3.16. The highest BCUT2D eigenvalue weighted by Crippen LogP contribution is 2.21. The van der Waals surface area contributed by atoms with Crippen molar-refractivity contribution in [2.45, 2.75) is 51.5 Å². The Morgan fingerprint density at radius 3 is 2.53 bits per heavy atom. The number of hydrogen-bond donors (Lipinski definition) is 0. The van der Waals surface area contributed by atoms with E-state index in [9.17, 15) is 9.59 Å². The molecule has 6 heteroatoms. The van der Waals surface area contributed by atoms with Gasteiger partial charge in [0.2, 0.25) is 0 Å². The molecule has 0 radical (unpaired) electrons. The number of ether oxygens (including phenoxy) is 3. The van der Waals surface area contributed by atoms with Crippen LogP contribution in [0.5, 0.6) is 0 Å². The maximum absolute atomic E-state index is 11.3. The van der Waals surface area contributed by atoms with Crippen LogP contribution in [0.4, 0.5) is 0 Å². The molecule has 1 aliphatic heterocycles. The van der Waals surface area contributed by atoms with Gasteiger partial charge >= 0.3 is 11.9 Å². The zero-order chi connectivity index (χ0) is 14.1. The molecule has 0 saturated carbocycles. The molecule has 19 heavy (non-hydrogen) atoms. The fraction of sp³-hybridized carbons (Fsp3) is 0.846. The second-order valence-corrected chi connectivity index (χ2v) is 6.66. The Morgan fingerprint density at radius 2 is 2.00 bits per heavy atom. The van der Waals surface area contributed by atoms with Gasteiger partial charge in [-0.3, -0.25) is 9.59 Å². The van der Waals surface area contributed by atoms with E-state index in [1.54, 1.807) is 0 Å². The van der Waals surface area contributed by atoms with Crippen LogP contribution in [0.25, 0.3) is 0 Å². The number of esters is 2. The summed E-state index contributed by atoms with van der Waals surface area (Å²) >= 11 is 0. The van der Waals surface area contributed by atoms with Crippen molar-refractivity contribution in [3.63, 3.8) is 0 Å². The van der Waals surface area contributed by atoms with E-state index in [-0.39, 0.29) is 40.1 Å². The molecule has 1 atom stereocenters. The summed E-state index contributed by atoms with van der Waals surface area (Å²) in [5.41, 5.74) is 0. The summed E-state index contributed by atoms with van der Waals surface area (Å²) < 4.78 is 15.5. The molecular weight excluding hydrogens is 264 g/mol. The SMILES string of the molecule is CCOC(C[SiH2]CCCC1CC(=O)OC1=O)OCC. The average Bonchev–Trinajstić information content (AvgIpc) is 2.68. The van der Waals surface area contributed by atoms with E-state index >= 15 is 0 Å². The molecule has 5 nitrogen and oxygen atoms in total. The first-order valence-electron chi connectivity index (χ1n) is 7.15. The normalized spacial score (nSPS) is 19.8. The lowest BCUT2D eigenvalue weighted by Crippen LogP contribution is -2.19. The Balaban J connectivity index is 2.07. The van der Waals surface area contributed by atoms with Crippen LogP contribution in [0.2, 0.25) is 12.1 Å². The Hall–Kier alpha value is -0.723. The van der Waals surface area contributed by atoms with Gasteiger partial charge in [0.25, 0.3) is 0 Å². The standard InChI is InChI=1S/C13H24O5Si/c1-3-16-12(17-4-2)9-19-7-5-6-10-8-11(14)18-13(10)15/h10,12H,3-9,19H2,1-2H3. The van der Waals surface area contributed by atoms with Crippen LogP contribution in [0.1, 0.15) is 33.1 Å². The van der Waals surface area contributed by atoms with Gasteiger partial charge in [-0.15, -0.1) is 0 Å². The van der Waals surface area contributed by atoms with E-state index in [0.717, 1.165) is 24.9 Å². The zero-order valence-electron chi connectivity index (χ0n) is 11.9. The van der Waals surface area contributed by atoms with Crippen molar-refractivity contribution in [1.29, 1.82) is 0 Å². The second kappa shape index (κ2) is 9.22. The third-order valence-corrected chi connectivity index (χ3v) is 5.04. The van der Waals surface area contributed by atoms with E-state index in [2.05, 4.69) is 4.74 Å². The van der Waals surface area contributed by atoms with E-state index in [1.807, 2.05) is 13.8 Å². The first-order valence-corrected chi connectivity index (χ1v) is 9.15. The summed E-state index contributed by atoms with van der Waals surface area (Å²) in [6, 6.07) is 2.16. The van der Waals surface area contributed by atoms with Crippen molar-refractivity contribution in [3.05, 3.63) is 0 Å². The molecule has 1 heterocycles. The quantitative estimate of drug-likeness (QED) is 0.199. The Bertz CT molecular complexity index is 289. The van der Waals surface area contributed by atoms with E-state index < -0.39 is 0 Å². The molecule has 1 saturated heterocycles. The largest absolute Gasteiger partial charge is 0.393 e. The highest BCUT2D eigenvalue weighted by Gasteiger charge is 2.32. The summed E-state index contributed by atoms with van der Waals surface area (Å²) in [4.78, 5) is 22.2. The minimum absolute atomic E-state index is 0.0558. The van der Waals surface area contributed by atoms with Gasteiger partial charge in [-0.2, -0.15) is 0 Å². The van der Waals surface area contributed by atoms with Gasteiger partial charge < -0.3 is 14.2 Å². The smallest absolute Gasteiger partial charge is 0.317 e. The number of hydrogen-bond acceptors (Lipinski definition) is 5. The van der Waals surface area contributed by atoms with Crippen molar-refractivity contribution in [2.75, 3.05) is 13.2 Å².